The first-order valence-corrected chi connectivity index (χ1v) is 16.9. The van der Waals surface area contributed by atoms with Gasteiger partial charge in [-0.2, -0.15) is 4.68 Å². The minimum absolute atomic E-state index is 0.00687. The first kappa shape index (κ1) is 40.8. The van der Waals surface area contributed by atoms with Crippen molar-refractivity contribution in [1.29, 1.82) is 0 Å². The Morgan fingerprint density at radius 3 is 2.29 bits per heavy atom. The summed E-state index contributed by atoms with van der Waals surface area (Å²) in [4.78, 5) is 55.4. The molecule has 262 valence electrons. The Labute approximate surface area is 292 Å². The number of hydroxylamine groups is 2. The number of carboxylic acid groups (broad SMARTS) is 1. The number of hydrogen-bond acceptors (Lipinski definition) is 9. The zero-order valence-corrected chi connectivity index (χ0v) is 29.9. The third kappa shape index (κ3) is 12.6. The molecule has 1 fully saturated rings. The second kappa shape index (κ2) is 17.3. The van der Waals surface area contributed by atoms with Crippen LogP contribution in [0.25, 0.3) is 5.69 Å². The number of nitrogens with one attached hydrogen (secondary N) is 1. The number of benzene rings is 2. The van der Waals surface area contributed by atoms with Crippen LogP contribution < -0.4 is 15.8 Å². The lowest BCUT2D eigenvalue weighted by atomic mass is 9.95. The first-order chi connectivity index (χ1) is 22.2. The molecule has 1 aliphatic heterocycles. The number of terminal acetylenes is 1. The van der Waals surface area contributed by atoms with Crippen LogP contribution in [0.4, 0.5) is 0 Å². The van der Waals surface area contributed by atoms with E-state index in [-0.39, 0.29) is 22.6 Å². The van der Waals surface area contributed by atoms with Gasteiger partial charge in [0.15, 0.2) is 0 Å². The van der Waals surface area contributed by atoms with E-state index in [1.165, 1.54) is 17.2 Å². The highest BCUT2D eigenvalue weighted by molar-refractivity contribution is 7.51. The number of carbonyl (C=O) groups is 2. The largest absolute Gasteiger partial charge is 0.480 e. The molecule has 0 aliphatic carbocycles. The maximum absolute atomic E-state index is 12.0. The molecule has 0 radical (unpaired) electrons. The molecule has 1 saturated heterocycles. The number of nitrogens with zero attached hydrogens (tertiary/aromatic N) is 3. The Bertz CT molecular complexity index is 1740. The topological polar surface area (TPSA) is 194 Å². The van der Waals surface area contributed by atoms with E-state index in [1.54, 1.807) is 0 Å². The highest BCUT2D eigenvalue weighted by Crippen LogP contribution is 2.34. The van der Waals surface area contributed by atoms with Crippen LogP contribution in [0.3, 0.4) is 0 Å². The van der Waals surface area contributed by atoms with Gasteiger partial charge in [0.2, 0.25) is 5.89 Å². The number of aliphatic carboxylic acids is 1. The number of hydrogen-bond donors (Lipinski definition) is 4. The van der Waals surface area contributed by atoms with Crippen LogP contribution in [0.2, 0.25) is 15.1 Å². The third-order valence-corrected chi connectivity index (χ3v) is 7.58. The molecule has 4 rings (SSSR count). The zero-order valence-electron chi connectivity index (χ0n) is 26.7. The second-order valence-corrected chi connectivity index (χ2v) is 14.7. The van der Waals surface area contributed by atoms with Crippen molar-refractivity contribution in [2.24, 2.45) is 5.41 Å². The molecule has 3 aromatic rings. The second-order valence-electron chi connectivity index (χ2n) is 11.8. The molecule has 2 heterocycles. The Hall–Kier alpha value is -3.38. The molecular weight excluding hydrogens is 714 g/mol. The van der Waals surface area contributed by atoms with Gasteiger partial charge in [-0.1, -0.05) is 79.7 Å². The van der Waals surface area contributed by atoms with Crippen LogP contribution in [-0.4, -0.2) is 67.7 Å². The average Bonchev–Trinajstić information content (AvgIpc) is 3.48. The molecule has 0 unspecified atom stereocenters. The van der Waals surface area contributed by atoms with Crippen molar-refractivity contribution in [2.75, 3.05) is 26.0 Å². The van der Waals surface area contributed by atoms with Gasteiger partial charge < -0.3 is 24.0 Å². The molecule has 0 bridgehead atoms. The normalized spacial score (nSPS) is 13.9. The van der Waals surface area contributed by atoms with E-state index in [9.17, 15) is 18.9 Å². The van der Waals surface area contributed by atoms with Crippen molar-refractivity contribution < 1.29 is 43.0 Å². The summed E-state index contributed by atoms with van der Waals surface area (Å²) in [5.74, 6) is 1.17. The van der Waals surface area contributed by atoms with Crippen molar-refractivity contribution in [3.8, 4) is 23.8 Å². The number of ether oxygens (including phenoxy) is 1. The summed E-state index contributed by atoms with van der Waals surface area (Å²) in [5, 5.41) is 16.8. The van der Waals surface area contributed by atoms with Crippen LogP contribution >= 0.6 is 42.4 Å². The number of aromatic nitrogens is 2. The maximum Gasteiger partial charge on any atom is 0.442 e. The van der Waals surface area contributed by atoms with E-state index in [4.69, 9.17) is 70.1 Å². The van der Waals surface area contributed by atoms with E-state index in [0.29, 0.717) is 35.5 Å². The fourth-order valence-corrected chi connectivity index (χ4v) is 4.66. The van der Waals surface area contributed by atoms with E-state index in [0.717, 1.165) is 10.2 Å². The van der Waals surface area contributed by atoms with E-state index in [2.05, 4.69) is 16.3 Å². The highest BCUT2D eigenvalue weighted by Gasteiger charge is 2.40. The summed E-state index contributed by atoms with van der Waals surface area (Å²) >= 11 is 18.2. The highest BCUT2D eigenvalue weighted by atomic mass is 35.5. The molecule has 18 heteroatoms. The first-order valence-electron chi connectivity index (χ1n) is 14.0. The smallest absolute Gasteiger partial charge is 0.442 e. The fourth-order valence-electron chi connectivity index (χ4n) is 3.55. The van der Waals surface area contributed by atoms with Crippen molar-refractivity contribution in [3.05, 3.63) is 73.5 Å². The van der Waals surface area contributed by atoms with Gasteiger partial charge >= 0.3 is 19.3 Å². The van der Waals surface area contributed by atoms with Gasteiger partial charge in [0.25, 0.3) is 5.91 Å². The predicted molar refractivity (Wildman–Crippen MR) is 179 cm³/mol. The summed E-state index contributed by atoms with van der Waals surface area (Å²) < 4.78 is 21.6. The molecular formula is C30H36Cl3N4O10P. The van der Waals surface area contributed by atoms with Crippen molar-refractivity contribution >= 4 is 54.3 Å². The number of carboxylic acids is 1. The summed E-state index contributed by atoms with van der Waals surface area (Å²) in [6.45, 7) is 9.84. The van der Waals surface area contributed by atoms with Gasteiger partial charge in [0.1, 0.15) is 12.4 Å². The molecule has 1 amide bonds. The minimum Gasteiger partial charge on any atom is -0.480 e. The van der Waals surface area contributed by atoms with Crippen molar-refractivity contribution in [1.82, 2.24) is 20.2 Å². The lowest BCUT2D eigenvalue weighted by molar-refractivity contribution is -0.165. The molecule has 0 atom stereocenters. The summed E-state index contributed by atoms with van der Waals surface area (Å²) in [7, 11) is -4.10. The Kier molecular flexibility index (Phi) is 14.7. The van der Waals surface area contributed by atoms with Gasteiger partial charge in [-0.05, 0) is 31.5 Å². The predicted octanol–water partition coefficient (Wildman–Crippen LogP) is 4.88. The van der Waals surface area contributed by atoms with Gasteiger partial charge in [-0.15, -0.1) is 11.5 Å². The number of rotatable bonds is 9. The van der Waals surface area contributed by atoms with Gasteiger partial charge in [-0.25, -0.2) is 9.86 Å². The average molecular weight is 750 g/mol. The van der Waals surface area contributed by atoms with Gasteiger partial charge in [0, 0.05) is 16.5 Å². The summed E-state index contributed by atoms with van der Waals surface area (Å²) in [6.07, 6.45) is 4.56. The van der Waals surface area contributed by atoms with E-state index in [1.807, 2.05) is 58.9 Å². The lowest BCUT2D eigenvalue weighted by Gasteiger charge is -2.16. The quantitative estimate of drug-likeness (QED) is 0.172. The Balaban J connectivity index is 0.000000270. The number of halogens is 3. The molecule has 4 N–H and O–H groups in total. The molecule has 1 aromatic heterocycles. The van der Waals surface area contributed by atoms with Crippen LogP contribution in [0.15, 0.2) is 45.6 Å². The summed E-state index contributed by atoms with van der Waals surface area (Å²) in [5.41, 5.74) is 0.366. The third-order valence-electron chi connectivity index (χ3n) is 5.98. The SMILES string of the molecule is C#CCOc1cc(-n2nc(C(C)(C)C)oc2=O)c(Cl)cc1Cl.CC1(C)CON(Cc2ccccc2Cl)C1=O.O=C(O)CNCP(=O)(O)O. The lowest BCUT2D eigenvalue weighted by Crippen LogP contribution is -2.30. The number of carbonyl (C=O) groups excluding carboxylic acids is 1. The molecule has 2 aromatic carbocycles. The van der Waals surface area contributed by atoms with Crippen LogP contribution in [0.1, 0.15) is 46.1 Å². The molecule has 0 spiro atoms. The maximum atomic E-state index is 12.0. The van der Waals surface area contributed by atoms with Gasteiger partial charge in [-0.3, -0.25) is 24.3 Å². The standard InChI is InChI=1S/C15H14Cl2N2O3.C12H14ClNO2.C3H8NO5P/c1-5-6-21-12-8-11(9(16)7-10(12)17)19-14(20)22-13(18-19)15(2,3)4;1-12(2)8-16-14(11(12)15)7-9-5-3-4-6-10(9)13;5-3(6)1-4-2-10(7,8)9/h1,7-8H,6H2,2-4H3;3-6H,7-8H2,1-2H3;4H,1-2H2,(H,5,6)(H2,7,8,9). The molecule has 0 saturated carbocycles. The van der Waals surface area contributed by atoms with Crippen molar-refractivity contribution in [2.45, 2.75) is 46.6 Å². The van der Waals surface area contributed by atoms with Crippen molar-refractivity contribution in [3.63, 3.8) is 0 Å². The minimum atomic E-state index is -4.10. The van der Waals surface area contributed by atoms with E-state index >= 15 is 0 Å². The Morgan fingerprint density at radius 2 is 1.79 bits per heavy atom. The summed E-state index contributed by atoms with van der Waals surface area (Å²) in [6, 6.07) is 10.4. The number of amides is 1. The monoisotopic (exact) mass is 748 g/mol. The van der Waals surface area contributed by atoms with Gasteiger partial charge in [0.05, 0.1) is 47.1 Å². The zero-order chi connectivity index (χ0) is 36.4. The fraction of sp³-hybridized carbons (Fsp3) is 0.400. The van der Waals surface area contributed by atoms with Crippen LogP contribution in [0, 0.1) is 17.8 Å². The molecule has 14 nitrogen and oxygen atoms in total. The van der Waals surface area contributed by atoms with Crippen LogP contribution in [-0.2, 0) is 31.0 Å². The molecule has 48 heavy (non-hydrogen) atoms. The van der Waals surface area contributed by atoms with Crippen LogP contribution in [0.5, 0.6) is 5.75 Å². The molecule has 1 aliphatic rings. The Morgan fingerprint density at radius 1 is 1.15 bits per heavy atom. The van der Waals surface area contributed by atoms with E-state index < -0.39 is 43.0 Å².